The largest absolute Gasteiger partial charge is 0.338 e. The fraction of sp³-hybridized carbons (Fsp3) is 0.412. The zero-order valence-electron chi connectivity index (χ0n) is 13.6. The highest BCUT2D eigenvalue weighted by atomic mass is 16.2. The SMILES string of the molecule is Cn1cc(N2CC3(CCN(C(=O)c4cccnc4)C3)CC2=O)cn1. The number of hydrogen-bond acceptors (Lipinski definition) is 4. The monoisotopic (exact) mass is 325 g/mol. The molecule has 2 amide bonds. The minimum absolute atomic E-state index is 0.00717. The van der Waals surface area contributed by atoms with Gasteiger partial charge in [0.15, 0.2) is 0 Å². The van der Waals surface area contributed by atoms with E-state index in [2.05, 4.69) is 10.1 Å². The first-order valence-corrected chi connectivity index (χ1v) is 8.05. The van der Waals surface area contributed by atoms with Crippen LogP contribution < -0.4 is 4.90 Å². The number of rotatable bonds is 2. The van der Waals surface area contributed by atoms with Crippen molar-refractivity contribution in [1.29, 1.82) is 0 Å². The number of carbonyl (C=O) groups excluding carboxylic acids is 2. The normalized spacial score (nSPS) is 23.5. The van der Waals surface area contributed by atoms with Crippen LogP contribution in [0.15, 0.2) is 36.9 Å². The Kier molecular flexibility index (Phi) is 3.37. The van der Waals surface area contributed by atoms with Crippen molar-refractivity contribution in [2.24, 2.45) is 12.5 Å². The third-order valence-corrected chi connectivity index (χ3v) is 4.96. The van der Waals surface area contributed by atoms with Crippen molar-refractivity contribution in [1.82, 2.24) is 19.7 Å². The van der Waals surface area contributed by atoms with Gasteiger partial charge in [0.2, 0.25) is 5.91 Å². The summed E-state index contributed by atoms with van der Waals surface area (Å²) in [6.07, 6.45) is 8.15. The van der Waals surface area contributed by atoms with Crippen LogP contribution in [0.1, 0.15) is 23.2 Å². The van der Waals surface area contributed by atoms with Gasteiger partial charge in [-0.3, -0.25) is 19.3 Å². The Balaban J connectivity index is 1.50. The first kappa shape index (κ1) is 14.9. The van der Waals surface area contributed by atoms with E-state index in [1.807, 2.05) is 18.1 Å². The molecule has 1 spiro atoms. The standard InChI is InChI=1S/C17H19N5O2/c1-20-10-14(9-19-20)22-12-17(7-15(22)23)4-6-21(11-17)16(24)13-3-2-5-18-8-13/h2-3,5,8-10H,4,6-7,11-12H2,1H3. The van der Waals surface area contributed by atoms with Gasteiger partial charge in [0.25, 0.3) is 5.91 Å². The maximum absolute atomic E-state index is 12.6. The summed E-state index contributed by atoms with van der Waals surface area (Å²) in [6.45, 7) is 1.94. The lowest BCUT2D eigenvalue weighted by Crippen LogP contribution is -2.34. The topological polar surface area (TPSA) is 71.3 Å². The van der Waals surface area contributed by atoms with E-state index in [1.54, 1.807) is 40.3 Å². The number of hydrogen-bond donors (Lipinski definition) is 0. The summed E-state index contributed by atoms with van der Waals surface area (Å²) >= 11 is 0. The fourth-order valence-electron chi connectivity index (χ4n) is 3.73. The summed E-state index contributed by atoms with van der Waals surface area (Å²) in [7, 11) is 1.84. The molecular weight excluding hydrogens is 306 g/mol. The van der Waals surface area contributed by atoms with E-state index in [0.717, 1.165) is 12.1 Å². The lowest BCUT2D eigenvalue weighted by molar-refractivity contribution is -0.117. The van der Waals surface area contributed by atoms with Gasteiger partial charge in [-0.1, -0.05) is 0 Å². The molecule has 4 rings (SSSR count). The number of pyridine rings is 1. The fourth-order valence-corrected chi connectivity index (χ4v) is 3.73. The van der Waals surface area contributed by atoms with E-state index in [1.165, 1.54) is 0 Å². The van der Waals surface area contributed by atoms with Crippen molar-refractivity contribution in [3.63, 3.8) is 0 Å². The number of likely N-dealkylation sites (tertiary alicyclic amines) is 1. The lowest BCUT2D eigenvalue weighted by atomic mass is 9.86. The van der Waals surface area contributed by atoms with Crippen molar-refractivity contribution in [2.45, 2.75) is 12.8 Å². The Morgan fingerprint density at radius 3 is 2.88 bits per heavy atom. The molecule has 124 valence electrons. The molecule has 0 aliphatic carbocycles. The molecule has 2 fully saturated rings. The molecule has 2 aromatic rings. The molecule has 0 radical (unpaired) electrons. The summed E-state index contributed by atoms with van der Waals surface area (Å²) in [5.74, 6) is 0.103. The van der Waals surface area contributed by atoms with E-state index in [0.29, 0.717) is 31.6 Å². The van der Waals surface area contributed by atoms with Crippen molar-refractivity contribution < 1.29 is 9.59 Å². The average Bonchev–Trinajstić information content (AvgIpc) is 3.27. The second kappa shape index (κ2) is 5.43. The van der Waals surface area contributed by atoms with Crippen LogP contribution in [0.25, 0.3) is 0 Å². The van der Waals surface area contributed by atoms with Crippen molar-refractivity contribution in [3.8, 4) is 0 Å². The molecule has 2 saturated heterocycles. The molecule has 7 heteroatoms. The van der Waals surface area contributed by atoms with Crippen LogP contribution in [0.2, 0.25) is 0 Å². The Morgan fingerprint density at radius 1 is 1.29 bits per heavy atom. The second-order valence-electron chi connectivity index (χ2n) is 6.75. The summed E-state index contributed by atoms with van der Waals surface area (Å²) < 4.78 is 1.69. The first-order chi connectivity index (χ1) is 11.6. The van der Waals surface area contributed by atoms with Crippen LogP contribution in [-0.2, 0) is 11.8 Å². The molecular formula is C17H19N5O2. The predicted octanol–water partition coefficient (Wildman–Crippen LogP) is 1.08. The zero-order chi connectivity index (χ0) is 16.7. The van der Waals surface area contributed by atoms with Gasteiger partial charge >= 0.3 is 0 Å². The van der Waals surface area contributed by atoms with Crippen molar-refractivity contribution >= 4 is 17.5 Å². The van der Waals surface area contributed by atoms with Crippen LogP contribution in [0.4, 0.5) is 5.69 Å². The molecule has 1 atom stereocenters. The Bertz CT molecular complexity index is 787. The van der Waals surface area contributed by atoms with Crippen molar-refractivity contribution in [3.05, 3.63) is 42.5 Å². The summed E-state index contributed by atoms with van der Waals surface area (Å²) in [5, 5.41) is 4.14. The van der Waals surface area contributed by atoms with Gasteiger partial charge in [-0.2, -0.15) is 5.10 Å². The predicted molar refractivity (Wildman–Crippen MR) is 87.4 cm³/mol. The van der Waals surface area contributed by atoms with Crippen LogP contribution in [-0.4, -0.2) is 51.1 Å². The molecule has 24 heavy (non-hydrogen) atoms. The quantitative estimate of drug-likeness (QED) is 0.828. The molecule has 2 aliphatic rings. The highest BCUT2D eigenvalue weighted by Gasteiger charge is 2.49. The zero-order valence-corrected chi connectivity index (χ0v) is 13.6. The third-order valence-electron chi connectivity index (χ3n) is 4.96. The lowest BCUT2D eigenvalue weighted by Gasteiger charge is -2.23. The van der Waals surface area contributed by atoms with E-state index < -0.39 is 0 Å². The van der Waals surface area contributed by atoms with Gasteiger partial charge in [-0.25, -0.2) is 0 Å². The second-order valence-corrected chi connectivity index (χ2v) is 6.75. The Morgan fingerprint density at radius 2 is 2.17 bits per heavy atom. The van der Waals surface area contributed by atoms with E-state index >= 15 is 0 Å². The van der Waals surface area contributed by atoms with Crippen LogP contribution in [0.3, 0.4) is 0 Å². The average molecular weight is 325 g/mol. The van der Waals surface area contributed by atoms with Crippen LogP contribution in [0.5, 0.6) is 0 Å². The molecule has 1 unspecified atom stereocenters. The first-order valence-electron chi connectivity index (χ1n) is 8.05. The molecule has 2 aromatic heterocycles. The maximum atomic E-state index is 12.6. The van der Waals surface area contributed by atoms with E-state index in [9.17, 15) is 9.59 Å². The Hall–Kier alpha value is -2.70. The van der Waals surface area contributed by atoms with Crippen LogP contribution >= 0.6 is 0 Å². The maximum Gasteiger partial charge on any atom is 0.255 e. The van der Waals surface area contributed by atoms with Gasteiger partial charge in [-0.05, 0) is 18.6 Å². The number of nitrogens with zero attached hydrogens (tertiary/aromatic N) is 5. The third kappa shape index (κ3) is 2.46. The number of aromatic nitrogens is 3. The highest BCUT2D eigenvalue weighted by Crippen LogP contribution is 2.42. The number of amides is 2. The van der Waals surface area contributed by atoms with Crippen molar-refractivity contribution in [2.75, 3.05) is 24.5 Å². The molecule has 4 heterocycles. The number of aryl methyl sites for hydroxylation is 1. The smallest absolute Gasteiger partial charge is 0.255 e. The van der Waals surface area contributed by atoms with Gasteiger partial charge < -0.3 is 9.80 Å². The van der Waals surface area contributed by atoms with E-state index in [-0.39, 0.29) is 17.2 Å². The summed E-state index contributed by atoms with van der Waals surface area (Å²) in [4.78, 5) is 32.7. The number of carbonyl (C=O) groups is 2. The van der Waals surface area contributed by atoms with Gasteiger partial charge in [-0.15, -0.1) is 0 Å². The van der Waals surface area contributed by atoms with E-state index in [4.69, 9.17) is 0 Å². The highest BCUT2D eigenvalue weighted by molar-refractivity contribution is 5.97. The van der Waals surface area contributed by atoms with Crippen LogP contribution in [0, 0.1) is 5.41 Å². The molecule has 0 saturated carbocycles. The number of anilines is 1. The van der Waals surface area contributed by atoms with Gasteiger partial charge in [0.05, 0.1) is 17.4 Å². The molecule has 0 bridgehead atoms. The molecule has 2 aliphatic heterocycles. The molecule has 0 aromatic carbocycles. The molecule has 0 N–H and O–H groups in total. The van der Waals surface area contributed by atoms with Gasteiger partial charge in [0, 0.05) is 57.1 Å². The summed E-state index contributed by atoms with van der Waals surface area (Å²) in [6, 6.07) is 3.55. The Labute approximate surface area is 139 Å². The van der Waals surface area contributed by atoms with Gasteiger partial charge in [0.1, 0.15) is 0 Å². The summed E-state index contributed by atoms with van der Waals surface area (Å²) in [5.41, 5.74) is 1.28. The minimum Gasteiger partial charge on any atom is -0.338 e. The minimum atomic E-state index is -0.148. The molecule has 7 nitrogen and oxygen atoms in total.